The fourth-order valence-corrected chi connectivity index (χ4v) is 2.55. The number of rotatable bonds is 5. The molecule has 0 aliphatic heterocycles. The molecule has 0 unspecified atom stereocenters. The van der Waals surface area contributed by atoms with E-state index in [2.05, 4.69) is 0 Å². The molecule has 0 saturated heterocycles. The Morgan fingerprint density at radius 2 is 1.42 bits per heavy atom. The van der Waals surface area contributed by atoms with Gasteiger partial charge in [-0.2, -0.15) is 0 Å². The zero-order valence-electron chi connectivity index (χ0n) is 12.0. The molecule has 0 fully saturated rings. The van der Waals surface area contributed by atoms with Crippen molar-refractivity contribution < 1.29 is 19.1 Å². The molecule has 0 amide bonds. The van der Waals surface area contributed by atoms with Crippen LogP contribution >= 0.6 is 46.4 Å². The van der Waals surface area contributed by atoms with Gasteiger partial charge in [-0.1, -0.05) is 52.5 Å². The summed E-state index contributed by atoms with van der Waals surface area (Å²) in [5.74, 6) is -0.935. The molecule has 2 aromatic rings. The van der Waals surface area contributed by atoms with Crippen molar-refractivity contribution in [2.45, 2.75) is 12.8 Å². The Labute approximate surface area is 158 Å². The monoisotopic (exact) mass is 406 g/mol. The molecule has 0 aliphatic carbocycles. The molecule has 0 radical (unpaired) electrons. The number of hydrogen-bond donors (Lipinski definition) is 0. The lowest BCUT2D eigenvalue weighted by Gasteiger charge is -2.07. The van der Waals surface area contributed by atoms with Gasteiger partial charge in [-0.05, 0) is 30.3 Å². The van der Waals surface area contributed by atoms with Crippen LogP contribution in [0.2, 0.25) is 20.1 Å². The van der Waals surface area contributed by atoms with E-state index < -0.39 is 11.9 Å². The van der Waals surface area contributed by atoms with E-state index in [1.165, 1.54) is 24.3 Å². The summed E-state index contributed by atoms with van der Waals surface area (Å²) in [5, 5.41) is 1.06. The first kappa shape index (κ1) is 18.9. The maximum Gasteiger partial charge on any atom is 0.311 e. The van der Waals surface area contributed by atoms with Gasteiger partial charge in [0.2, 0.25) is 0 Å². The number of hydrogen-bond acceptors (Lipinski definition) is 4. The van der Waals surface area contributed by atoms with E-state index in [0.29, 0.717) is 10.0 Å². The second-order valence-electron chi connectivity index (χ2n) is 4.61. The van der Waals surface area contributed by atoms with Crippen molar-refractivity contribution in [2.24, 2.45) is 0 Å². The number of halogens is 4. The Hall–Kier alpha value is -1.46. The highest BCUT2D eigenvalue weighted by Gasteiger charge is 2.14. The van der Waals surface area contributed by atoms with Crippen molar-refractivity contribution in [1.82, 2.24) is 0 Å². The number of carbonyl (C=O) groups excluding carboxylic acids is 2. The Kier molecular flexibility index (Phi) is 6.75. The number of esters is 2. The highest BCUT2D eigenvalue weighted by molar-refractivity contribution is 6.43. The molecule has 2 rings (SSSR count). The summed E-state index contributed by atoms with van der Waals surface area (Å²) in [6.45, 7) is 0. The number of ether oxygens (including phenoxy) is 2. The Morgan fingerprint density at radius 1 is 0.833 bits per heavy atom. The Balaban J connectivity index is 1.87. The van der Waals surface area contributed by atoms with Gasteiger partial charge in [-0.25, -0.2) is 0 Å². The molecule has 0 N–H and O–H groups in total. The van der Waals surface area contributed by atoms with Gasteiger partial charge in [0, 0.05) is 10.0 Å². The van der Waals surface area contributed by atoms with Crippen LogP contribution in [0.15, 0.2) is 36.4 Å². The predicted octanol–water partition coefficient (Wildman–Crippen LogP) is 5.59. The minimum Gasteiger partial charge on any atom is -0.426 e. The van der Waals surface area contributed by atoms with E-state index >= 15 is 0 Å². The van der Waals surface area contributed by atoms with E-state index in [1.54, 1.807) is 12.1 Å². The first-order chi connectivity index (χ1) is 11.3. The van der Waals surface area contributed by atoms with Crippen LogP contribution in [-0.4, -0.2) is 11.9 Å². The van der Waals surface area contributed by atoms with Crippen molar-refractivity contribution in [3.05, 3.63) is 56.5 Å². The number of carbonyl (C=O) groups is 2. The maximum absolute atomic E-state index is 11.8. The Bertz CT molecular complexity index is 756. The number of benzene rings is 2. The van der Waals surface area contributed by atoms with Crippen molar-refractivity contribution in [1.29, 1.82) is 0 Å². The lowest BCUT2D eigenvalue weighted by atomic mass is 10.3. The minimum absolute atomic E-state index is 0.128. The van der Waals surface area contributed by atoms with E-state index in [0.717, 1.165) is 0 Å². The fourth-order valence-electron chi connectivity index (χ4n) is 1.71. The smallest absolute Gasteiger partial charge is 0.311 e. The van der Waals surface area contributed by atoms with Crippen LogP contribution in [0, 0.1) is 0 Å². The summed E-state index contributed by atoms with van der Waals surface area (Å²) >= 11 is 23.3. The summed E-state index contributed by atoms with van der Waals surface area (Å²) in [7, 11) is 0. The first-order valence-electron chi connectivity index (χ1n) is 6.66. The molecule has 24 heavy (non-hydrogen) atoms. The second-order valence-corrected chi connectivity index (χ2v) is 6.26. The molecule has 0 bridgehead atoms. The zero-order chi connectivity index (χ0) is 17.7. The van der Waals surface area contributed by atoms with Crippen LogP contribution in [0.1, 0.15) is 12.8 Å². The highest BCUT2D eigenvalue weighted by Crippen LogP contribution is 2.31. The van der Waals surface area contributed by atoms with E-state index in [4.69, 9.17) is 55.9 Å². The van der Waals surface area contributed by atoms with Crippen LogP contribution in [-0.2, 0) is 9.59 Å². The summed E-state index contributed by atoms with van der Waals surface area (Å²) < 4.78 is 10.1. The standard InChI is InChI=1S/C16H10Cl4O4/c17-9-6-10(18)8-11(7-9)23-14(21)4-5-15(22)24-13-3-1-2-12(19)16(13)20/h1-3,6-8H,4-5H2. The van der Waals surface area contributed by atoms with Gasteiger partial charge in [0.1, 0.15) is 10.8 Å². The molecule has 4 nitrogen and oxygen atoms in total. The molecular weight excluding hydrogens is 398 g/mol. The third kappa shape index (κ3) is 5.56. The summed E-state index contributed by atoms with van der Waals surface area (Å²) in [6.07, 6.45) is -0.364. The molecular formula is C16H10Cl4O4. The lowest BCUT2D eigenvalue weighted by molar-refractivity contribution is -0.140. The molecule has 0 atom stereocenters. The Morgan fingerprint density at radius 3 is 2.04 bits per heavy atom. The molecule has 0 saturated carbocycles. The maximum atomic E-state index is 11.8. The molecule has 0 aliphatic rings. The van der Waals surface area contributed by atoms with Crippen molar-refractivity contribution in [3.8, 4) is 11.5 Å². The van der Waals surface area contributed by atoms with Gasteiger partial charge < -0.3 is 9.47 Å². The topological polar surface area (TPSA) is 52.6 Å². The summed E-state index contributed by atoms with van der Waals surface area (Å²) in [6, 6.07) is 9.04. The predicted molar refractivity (Wildman–Crippen MR) is 93.4 cm³/mol. The van der Waals surface area contributed by atoms with E-state index in [-0.39, 0.29) is 34.4 Å². The second kappa shape index (κ2) is 8.58. The molecule has 0 aromatic heterocycles. The van der Waals surface area contributed by atoms with E-state index in [1.807, 2.05) is 0 Å². The summed E-state index contributed by atoms with van der Waals surface area (Å²) in [4.78, 5) is 23.5. The van der Waals surface area contributed by atoms with Gasteiger partial charge in [0.15, 0.2) is 5.75 Å². The largest absolute Gasteiger partial charge is 0.426 e. The highest BCUT2D eigenvalue weighted by atomic mass is 35.5. The van der Waals surface area contributed by atoms with Gasteiger partial charge in [-0.3, -0.25) is 9.59 Å². The molecule has 0 heterocycles. The third-order valence-corrected chi connectivity index (χ3v) is 3.98. The van der Waals surface area contributed by atoms with Crippen LogP contribution in [0.25, 0.3) is 0 Å². The molecule has 126 valence electrons. The van der Waals surface area contributed by atoms with Crippen molar-refractivity contribution in [3.63, 3.8) is 0 Å². The van der Waals surface area contributed by atoms with E-state index in [9.17, 15) is 9.59 Å². The average Bonchev–Trinajstić information content (AvgIpc) is 2.49. The van der Waals surface area contributed by atoms with Crippen molar-refractivity contribution >= 4 is 58.3 Å². The lowest BCUT2D eigenvalue weighted by Crippen LogP contribution is -2.14. The SMILES string of the molecule is O=C(CCC(=O)Oc1cccc(Cl)c1Cl)Oc1cc(Cl)cc(Cl)c1. The van der Waals surface area contributed by atoms with Gasteiger partial charge in [-0.15, -0.1) is 0 Å². The third-order valence-electron chi connectivity index (χ3n) is 2.74. The molecule has 2 aromatic carbocycles. The molecule has 8 heteroatoms. The van der Waals surface area contributed by atoms with Crippen molar-refractivity contribution in [2.75, 3.05) is 0 Å². The van der Waals surface area contributed by atoms with Gasteiger partial charge in [0.25, 0.3) is 0 Å². The van der Waals surface area contributed by atoms with Crippen LogP contribution < -0.4 is 9.47 Å². The minimum atomic E-state index is -0.639. The summed E-state index contributed by atoms with van der Waals surface area (Å²) in [5.41, 5.74) is 0. The van der Waals surface area contributed by atoms with Gasteiger partial charge >= 0.3 is 11.9 Å². The normalized spacial score (nSPS) is 10.3. The van der Waals surface area contributed by atoms with Crippen LogP contribution in [0.3, 0.4) is 0 Å². The molecule has 0 spiro atoms. The zero-order valence-corrected chi connectivity index (χ0v) is 15.0. The average molecular weight is 408 g/mol. The van der Waals surface area contributed by atoms with Gasteiger partial charge in [0.05, 0.1) is 17.9 Å². The van der Waals surface area contributed by atoms with Crippen LogP contribution in [0.5, 0.6) is 11.5 Å². The first-order valence-corrected chi connectivity index (χ1v) is 8.18. The quantitative estimate of drug-likeness (QED) is 0.478. The van der Waals surface area contributed by atoms with Crippen LogP contribution in [0.4, 0.5) is 0 Å². The fraction of sp³-hybridized carbons (Fsp3) is 0.125.